The van der Waals surface area contributed by atoms with Gasteiger partial charge in [-0.05, 0) is 20.5 Å². The van der Waals surface area contributed by atoms with Crippen molar-refractivity contribution in [3.63, 3.8) is 0 Å². The number of carbonyl (C=O) groups excluding carboxylic acids is 1. The van der Waals surface area contributed by atoms with Crippen LogP contribution in [0.3, 0.4) is 0 Å². The van der Waals surface area contributed by atoms with Crippen LogP contribution >= 0.6 is 0 Å². The number of carbonyl (C=O) groups is 1. The second kappa shape index (κ2) is 7.32. The molecule has 0 aromatic rings. The van der Waals surface area contributed by atoms with E-state index in [1.165, 1.54) is 6.21 Å². The maximum Gasteiger partial charge on any atom is 0.234 e. The second-order valence-corrected chi connectivity index (χ2v) is 3.44. The first kappa shape index (κ1) is 15.0. The maximum atomic E-state index is 11.8. The summed E-state index contributed by atoms with van der Waals surface area (Å²) >= 11 is 0. The third-order valence-corrected chi connectivity index (χ3v) is 2.34. The Hall–Kier alpha value is -0.980. The molecule has 0 radical (unpaired) electrons. The highest BCUT2D eigenvalue weighted by Gasteiger charge is 2.37. The van der Waals surface area contributed by atoms with Crippen LogP contribution in [0.25, 0.3) is 0 Å². The zero-order valence-electron chi connectivity index (χ0n) is 10.4. The summed E-state index contributed by atoms with van der Waals surface area (Å²) in [7, 11) is 4.70. The van der Waals surface area contributed by atoms with E-state index < -0.39 is 11.8 Å². The summed E-state index contributed by atoms with van der Waals surface area (Å²) < 4.78 is 0. The van der Waals surface area contributed by atoms with Gasteiger partial charge >= 0.3 is 0 Å². The Morgan fingerprint density at radius 2 is 2.06 bits per heavy atom. The average molecular weight is 230 g/mol. The van der Waals surface area contributed by atoms with E-state index in [9.17, 15) is 9.90 Å². The van der Waals surface area contributed by atoms with Gasteiger partial charge in [-0.25, -0.2) is 0 Å². The molecular formula is C10H22N4O2. The van der Waals surface area contributed by atoms with E-state index in [0.29, 0.717) is 6.54 Å². The lowest BCUT2D eigenvalue weighted by molar-refractivity contribution is -0.134. The third kappa shape index (κ3) is 3.88. The highest BCUT2D eigenvalue weighted by molar-refractivity contribution is 5.94. The summed E-state index contributed by atoms with van der Waals surface area (Å²) in [5.41, 5.74) is 0. The van der Waals surface area contributed by atoms with E-state index in [0.717, 1.165) is 6.42 Å². The van der Waals surface area contributed by atoms with Crippen LogP contribution in [0.2, 0.25) is 0 Å². The normalized spacial score (nSPS) is 14.1. The second-order valence-electron chi connectivity index (χ2n) is 3.44. The molecule has 4 N–H and O–H groups in total. The quantitative estimate of drug-likeness (QED) is 0.331. The van der Waals surface area contributed by atoms with E-state index in [2.05, 4.69) is 20.9 Å². The van der Waals surface area contributed by atoms with E-state index in [-0.39, 0.29) is 5.91 Å². The molecule has 0 aliphatic rings. The van der Waals surface area contributed by atoms with Crippen LogP contribution in [0.15, 0.2) is 4.99 Å². The molecule has 0 fully saturated rings. The van der Waals surface area contributed by atoms with Crippen molar-refractivity contribution in [1.82, 2.24) is 16.0 Å². The van der Waals surface area contributed by atoms with Crippen LogP contribution < -0.4 is 16.0 Å². The van der Waals surface area contributed by atoms with Crippen LogP contribution in [0.1, 0.15) is 13.3 Å². The summed E-state index contributed by atoms with van der Waals surface area (Å²) in [6, 6.07) is 0. The molecule has 1 amide bonds. The number of hydrogen-bond acceptors (Lipinski definition) is 5. The van der Waals surface area contributed by atoms with Crippen molar-refractivity contribution in [2.24, 2.45) is 10.9 Å². The predicted octanol–water partition coefficient (Wildman–Crippen LogP) is -1.09. The SMILES string of the molecule is CCCNC(=O)C(C=NC)C(O)(NC)NC. The Bertz CT molecular complexity index is 239. The fraction of sp³-hybridized carbons (Fsp3) is 0.800. The minimum Gasteiger partial charge on any atom is -0.362 e. The fourth-order valence-electron chi connectivity index (χ4n) is 1.31. The van der Waals surface area contributed by atoms with Gasteiger partial charge in [0.25, 0.3) is 0 Å². The monoisotopic (exact) mass is 230 g/mol. The van der Waals surface area contributed by atoms with Crippen molar-refractivity contribution in [2.45, 2.75) is 19.2 Å². The Kier molecular flexibility index (Phi) is 6.87. The van der Waals surface area contributed by atoms with E-state index in [1.54, 1.807) is 21.1 Å². The highest BCUT2D eigenvalue weighted by Crippen LogP contribution is 2.09. The smallest absolute Gasteiger partial charge is 0.234 e. The lowest BCUT2D eigenvalue weighted by Crippen LogP contribution is -2.63. The van der Waals surface area contributed by atoms with Crippen molar-refractivity contribution in [3.8, 4) is 0 Å². The number of hydrogen-bond donors (Lipinski definition) is 4. The molecule has 0 aromatic carbocycles. The molecule has 16 heavy (non-hydrogen) atoms. The molecule has 0 bridgehead atoms. The van der Waals surface area contributed by atoms with Crippen molar-refractivity contribution in [1.29, 1.82) is 0 Å². The molecule has 0 rings (SSSR count). The molecule has 0 spiro atoms. The van der Waals surface area contributed by atoms with Gasteiger partial charge in [0.1, 0.15) is 5.92 Å². The number of rotatable bonds is 7. The summed E-state index contributed by atoms with van der Waals surface area (Å²) in [4.78, 5) is 15.6. The van der Waals surface area contributed by atoms with Gasteiger partial charge in [-0.15, -0.1) is 0 Å². The van der Waals surface area contributed by atoms with Gasteiger partial charge in [0.2, 0.25) is 5.91 Å². The number of aliphatic hydroxyl groups is 1. The Morgan fingerprint density at radius 1 is 1.50 bits per heavy atom. The van der Waals surface area contributed by atoms with Gasteiger partial charge in [0, 0.05) is 19.8 Å². The molecule has 0 saturated carbocycles. The summed E-state index contributed by atoms with van der Waals surface area (Å²) in [6.07, 6.45) is 2.26. The molecule has 6 heteroatoms. The minimum atomic E-state index is -1.49. The molecular weight excluding hydrogens is 208 g/mol. The number of nitrogens with zero attached hydrogens (tertiary/aromatic N) is 1. The molecule has 94 valence electrons. The van der Waals surface area contributed by atoms with Gasteiger partial charge in [-0.2, -0.15) is 0 Å². The molecule has 0 saturated heterocycles. The number of amides is 1. The molecule has 1 atom stereocenters. The van der Waals surface area contributed by atoms with Gasteiger partial charge in [0.05, 0.1) is 0 Å². The maximum absolute atomic E-state index is 11.8. The summed E-state index contributed by atoms with van der Waals surface area (Å²) in [5.74, 6) is -2.53. The van der Waals surface area contributed by atoms with Crippen molar-refractivity contribution < 1.29 is 9.90 Å². The van der Waals surface area contributed by atoms with E-state index >= 15 is 0 Å². The Balaban J connectivity index is 4.77. The average Bonchev–Trinajstić information content (AvgIpc) is 2.32. The molecule has 0 aromatic heterocycles. The van der Waals surface area contributed by atoms with Crippen molar-refractivity contribution >= 4 is 12.1 Å². The van der Waals surface area contributed by atoms with Crippen molar-refractivity contribution in [2.75, 3.05) is 27.7 Å². The Morgan fingerprint density at radius 3 is 2.44 bits per heavy atom. The number of aliphatic imine (C=N–C) groups is 1. The fourth-order valence-corrected chi connectivity index (χ4v) is 1.31. The first-order valence-electron chi connectivity index (χ1n) is 5.35. The van der Waals surface area contributed by atoms with Crippen molar-refractivity contribution in [3.05, 3.63) is 0 Å². The minimum absolute atomic E-state index is 0.265. The topological polar surface area (TPSA) is 85.8 Å². The van der Waals surface area contributed by atoms with Gasteiger partial charge < -0.3 is 10.4 Å². The standard InChI is InChI=1S/C10H22N4O2/c1-5-6-14-9(15)8(7-11-2)10(16,12-3)13-4/h7-8,12-13,16H,5-6H2,1-4H3,(H,14,15). The predicted molar refractivity (Wildman–Crippen MR) is 64.3 cm³/mol. The summed E-state index contributed by atoms with van der Waals surface area (Å²) in [5, 5.41) is 18.2. The summed E-state index contributed by atoms with van der Waals surface area (Å²) in [6.45, 7) is 2.54. The van der Waals surface area contributed by atoms with Crippen LogP contribution in [0.5, 0.6) is 0 Å². The van der Waals surface area contributed by atoms with Crippen LogP contribution in [0.4, 0.5) is 0 Å². The molecule has 0 aliphatic carbocycles. The first-order valence-corrected chi connectivity index (χ1v) is 5.35. The van der Waals surface area contributed by atoms with Gasteiger partial charge in [-0.1, -0.05) is 6.92 Å². The lowest BCUT2D eigenvalue weighted by atomic mass is 10.0. The van der Waals surface area contributed by atoms with Crippen LogP contribution in [0, 0.1) is 5.92 Å². The lowest BCUT2D eigenvalue weighted by Gasteiger charge is -2.32. The zero-order chi connectivity index (χ0) is 12.6. The van der Waals surface area contributed by atoms with E-state index in [1.807, 2.05) is 6.92 Å². The van der Waals surface area contributed by atoms with E-state index in [4.69, 9.17) is 0 Å². The Labute approximate surface area is 96.5 Å². The number of nitrogens with one attached hydrogen (secondary N) is 3. The third-order valence-electron chi connectivity index (χ3n) is 2.34. The molecule has 0 aliphatic heterocycles. The zero-order valence-corrected chi connectivity index (χ0v) is 10.4. The van der Waals surface area contributed by atoms with Gasteiger partial charge in [-0.3, -0.25) is 20.4 Å². The molecule has 0 heterocycles. The van der Waals surface area contributed by atoms with Crippen LogP contribution in [-0.4, -0.2) is 50.8 Å². The highest BCUT2D eigenvalue weighted by atomic mass is 16.3. The molecule has 6 nitrogen and oxygen atoms in total. The molecule has 1 unspecified atom stereocenters. The first-order chi connectivity index (χ1) is 7.55. The largest absolute Gasteiger partial charge is 0.362 e. The van der Waals surface area contributed by atoms with Crippen LogP contribution in [-0.2, 0) is 4.79 Å². The van der Waals surface area contributed by atoms with Gasteiger partial charge in [0.15, 0.2) is 5.85 Å².